The van der Waals surface area contributed by atoms with Crippen LogP contribution in [0.3, 0.4) is 0 Å². The van der Waals surface area contributed by atoms with E-state index in [2.05, 4.69) is 13.8 Å². The molecule has 0 aromatic heterocycles. The number of nitrogens with zero attached hydrogens (tertiary/aromatic N) is 2. The molecule has 0 spiro atoms. The zero-order valence-electron chi connectivity index (χ0n) is 11.7. The van der Waals surface area contributed by atoms with Gasteiger partial charge >= 0.3 is 12.0 Å². The van der Waals surface area contributed by atoms with Crippen molar-refractivity contribution < 1.29 is 14.7 Å². The van der Waals surface area contributed by atoms with Crippen LogP contribution in [0, 0.1) is 5.92 Å². The number of hydrogen-bond donors (Lipinski definition) is 1. The SMILES string of the molecule is CC1CN(C(=O)N2CCC(C(=O)O)C2C)CC(C)S1. The summed E-state index contributed by atoms with van der Waals surface area (Å²) in [6.07, 6.45) is 0.565. The molecule has 0 saturated carbocycles. The van der Waals surface area contributed by atoms with E-state index in [4.69, 9.17) is 5.11 Å². The molecule has 1 N–H and O–H groups in total. The molecular weight excluding hydrogens is 264 g/mol. The van der Waals surface area contributed by atoms with Gasteiger partial charge in [-0.2, -0.15) is 11.8 Å². The normalized spacial score (nSPS) is 35.5. The van der Waals surface area contributed by atoms with Crippen LogP contribution in [0.1, 0.15) is 27.2 Å². The van der Waals surface area contributed by atoms with Gasteiger partial charge in [-0.15, -0.1) is 0 Å². The van der Waals surface area contributed by atoms with Gasteiger partial charge in [0.2, 0.25) is 0 Å². The van der Waals surface area contributed by atoms with E-state index in [9.17, 15) is 9.59 Å². The Morgan fingerprint density at radius 3 is 2.21 bits per heavy atom. The lowest BCUT2D eigenvalue weighted by atomic mass is 10.0. The van der Waals surface area contributed by atoms with Crippen LogP contribution < -0.4 is 0 Å². The number of carbonyl (C=O) groups is 2. The van der Waals surface area contributed by atoms with E-state index in [-0.39, 0.29) is 12.1 Å². The average molecular weight is 286 g/mol. The van der Waals surface area contributed by atoms with Crippen molar-refractivity contribution in [2.45, 2.75) is 43.7 Å². The van der Waals surface area contributed by atoms with Gasteiger partial charge in [0, 0.05) is 36.2 Å². The van der Waals surface area contributed by atoms with Crippen LogP contribution in [-0.2, 0) is 4.79 Å². The summed E-state index contributed by atoms with van der Waals surface area (Å²) < 4.78 is 0. The molecular formula is C13H22N2O3S. The zero-order chi connectivity index (χ0) is 14.2. The van der Waals surface area contributed by atoms with Gasteiger partial charge in [0.05, 0.1) is 5.92 Å². The fourth-order valence-corrected chi connectivity index (χ4v) is 4.38. The minimum Gasteiger partial charge on any atom is -0.481 e. The fraction of sp³-hybridized carbons (Fsp3) is 0.846. The van der Waals surface area contributed by atoms with Gasteiger partial charge < -0.3 is 14.9 Å². The molecule has 2 amide bonds. The van der Waals surface area contributed by atoms with Gasteiger partial charge in [0.25, 0.3) is 0 Å². The lowest BCUT2D eigenvalue weighted by molar-refractivity contribution is -0.142. The highest BCUT2D eigenvalue weighted by Gasteiger charge is 2.40. The Bertz CT molecular complexity index is 367. The number of likely N-dealkylation sites (tertiary alicyclic amines) is 1. The van der Waals surface area contributed by atoms with E-state index >= 15 is 0 Å². The van der Waals surface area contributed by atoms with Crippen molar-refractivity contribution in [3.05, 3.63) is 0 Å². The number of carboxylic acid groups (broad SMARTS) is 1. The van der Waals surface area contributed by atoms with Gasteiger partial charge in [0.1, 0.15) is 0 Å². The minimum absolute atomic E-state index is 0.00949. The number of thioether (sulfide) groups is 1. The van der Waals surface area contributed by atoms with E-state index in [0.29, 0.717) is 23.5 Å². The first-order chi connectivity index (χ1) is 8.90. The lowest BCUT2D eigenvalue weighted by Crippen LogP contribution is -2.51. The molecule has 4 atom stereocenters. The van der Waals surface area contributed by atoms with Crippen LogP contribution in [-0.4, -0.2) is 63.1 Å². The standard InChI is InChI=1S/C13H22N2O3S/c1-8-6-14(7-9(2)19-8)13(18)15-5-4-11(10(15)3)12(16)17/h8-11H,4-7H2,1-3H3,(H,16,17). The summed E-state index contributed by atoms with van der Waals surface area (Å²) in [4.78, 5) is 27.2. The van der Waals surface area contributed by atoms with Crippen molar-refractivity contribution in [3.8, 4) is 0 Å². The third-order valence-corrected chi connectivity index (χ3v) is 5.24. The largest absolute Gasteiger partial charge is 0.481 e. The number of carbonyl (C=O) groups excluding carboxylic acids is 1. The fourth-order valence-electron chi connectivity index (χ4n) is 3.06. The third-order valence-electron chi connectivity index (χ3n) is 4.01. The highest BCUT2D eigenvalue weighted by molar-refractivity contribution is 8.00. The Labute approximate surface area is 118 Å². The molecule has 108 valence electrons. The second-order valence-electron chi connectivity index (χ2n) is 5.61. The van der Waals surface area contributed by atoms with Gasteiger partial charge in [-0.05, 0) is 13.3 Å². The summed E-state index contributed by atoms with van der Waals surface area (Å²) in [6, 6.07) is -0.194. The maximum Gasteiger partial charge on any atom is 0.320 e. The molecule has 2 fully saturated rings. The van der Waals surface area contributed by atoms with Crippen LogP contribution in [0.4, 0.5) is 4.79 Å². The van der Waals surface area contributed by atoms with Crippen molar-refractivity contribution in [3.63, 3.8) is 0 Å². The molecule has 5 nitrogen and oxygen atoms in total. The van der Waals surface area contributed by atoms with Crippen LogP contribution in [0.5, 0.6) is 0 Å². The lowest BCUT2D eigenvalue weighted by Gasteiger charge is -2.38. The first kappa shape index (κ1) is 14.5. The van der Waals surface area contributed by atoms with Crippen molar-refractivity contribution in [1.82, 2.24) is 9.80 Å². The predicted octanol–water partition coefficient (Wildman–Crippen LogP) is 1.73. The van der Waals surface area contributed by atoms with Crippen LogP contribution >= 0.6 is 11.8 Å². The highest BCUT2D eigenvalue weighted by Crippen LogP contribution is 2.29. The van der Waals surface area contributed by atoms with Gasteiger partial charge in [-0.3, -0.25) is 4.79 Å². The van der Waals surface area contributed by atoms with E-state index in [1.807, 2.05) is 23.6 Å². The molecule has 0 radical (unpaired) electrons. The first-order valence-electron chi connectivity index (χ1n) is 6.84. The summed E-state index contributed by atoms with van der Waals surface area (Å²) in [7, 11) is 0. The monoisotopic (exact) mass is 286 g/mol. The number of hydrogen-bond acceptors (Lipinski definition) is 3. The van der Waals surface area contributed by atoms with Crippen LogP contribution in [0.15, 0.2) is 0 Å². The number of urea groups is 1. The molecule has 6 heteroatoms. The van der Waals surface area contributed by atoms with Crippen molar-refractivity contribution in [2.24, 2.45) is 5.92 Å². The predicted molar refractivity (Wildman–Crippen MR) is 75.4 cm³/mol. The number of amides is 2. The summed E-state index contributed by atoms with van der Waals surface area (Å²) in [5.41, 5.74) is 0. The average Bonchev–Trinajstić information content (AvgIpc) is 2.69. The first-order valence-corrected chi connectivity index (χ1v) is 7.78. The van der Waals surface area contributed by atoms with Crippen LogP contribution in [0.25, 0.3) is 0 Å². The maximum atomic E-state index is 12.5. The molecule has 2 saturated heterocycles. The molecule has 0 aliphatic carbocycles. The minimum atomic E-state index is -0.793. The van der Waals surface area contributed by atoms with Gasteiger partial charge in [-0.1, -0.05) is 13.8 Å². The van der Waals surface area contributed by atoms with E-state index in [1.165, 1.54) is 0 Å². The third kappa shape index (κ3) is 2.99. The smallest absolute Gasteiger partial charge is 0.320 e. The number of carboxylic acids is 1. The number of aliphatic carboxylic acids is 1. The summed E-state index contributed by atoms with van der Waals surface area (Å²) in [5.74, 6) is -1.21. The summed E-state index contributed by atoms with van der Waals surface area (Å²) in [6.45, 7) is 8.18. The molecule has 0 aromatic carbocycles. The molecule has 4 unspecified atom stereocenters. The highest BCUT2D eigenvalue weighted by atomic mass is 32.2. The van der Waals surface area contributed by atoms with E-state index in [1.54, 1.807) is 4.90 Å². The zero-order valence-corrected chi connectivity index (χ0v) is 12.5. The van der Waals surface area contributed by atoms with Crippen molar-refractivity contribution in [2.75, 3.05) is 19.6 Å². The second-order valence-corrected chi connectivity index (χ2v) is 7.49. The Balaban J connectivity index is 2.02. The van der Waals surface area contributed by atoms with Crippen molar-refractivity contribution >= 4 is 23.8 Å². The van der Waals surface area contributed by atoms with Crippen LogP contribution in [0.2, 0.25) is 0 Å². The molecule has 2 heterocycles. The topological polar surface area (TPSA) is 60.9 Å². The van der Waals surface area contributed by atoms with Crippen molar-refractivity contribution in [1.29, 1.82) is 0 Å². The Kier molecular flexibility index (Phi) is 4.28. The number of rotatable bonds is 1. The van der Waals surface area contributed by atoms with E-state index in [0.717, 1.165) is 13.1 Å². The summed E-state index contributed by atoms with van der Waals surface area (Å²) in [5, 5.41) is 10.0. The maximum absolute atomic E-state index is 12.5. The Hall–Kier alpha value is -0.910. The second kappa shape index (κ2) is 5.61. The molecule has 2 aliphatic heterocycles. The quantitative estimate of drug-likeness (QED) is 0.797. The molecule has 2 rings (SSSR count). The van der Waals surface area contributed by atoms with E-state index < -0.39 is 11.9 Å². The molecule has 0 bridgehead atoms. The summed E-state index contributed by atoms with van der Waals surface area (Å²) >= 11 is 1.90. The Morgan fingerprint density at radius 2 is 1.74 bits per heavy atom. The molecule has 2 aliphatic rings. The molecule has 19 heavy (non-hydrogen) atoms. The van der Waals surface area contributed by atoms with Gasteiger partial charge in [0.15, 0.2) is 0 Å². The molecule has 0 aromatic rings. The Morgan fingerprint density at radius 1 is 1.16 bits per heavy atom. The van der Waals surface area contributed by atoms with Gasteiger partial charge in [-0.25, -0.2) is 4.79 Å².